The fourth-order valence-corrected chi connectivity index (χ4v) is 2.61. The topological polar surface area (TPSA) is 59.4 Å². The lowest BCUT2D eigenvalue weighted by molar-refractivity contribution is -0.125. The molecule has 1 rings (SSSR count). The SMILES string of the molecule is C=CCN(CC=C)C(=O)/C(C#N)=C\Nc1ccc(N(CC)CC)cc1C.[Cl-]. The number of hydrogen-bond acceptors (Lipinski definition) is 4. The van der Waals surface area contributed by atoms with Crippen LogP contribution in [-0.2, 0) is 4.79 Å². The average molecular weight is 388 g/mol. The van der Waals surface area contributed by atoms with Crippen LogP contribution in [-0.4, -0.2) is 37.0 Å². The Balaban J connectivity index is 0.00000676. The first-order valence-electron chi connectivity index (χ1n) is 8.75. The van der Waals surface area contributed by atoms with Gasteiger partial charge in [0, 0.05) is 43.8 Å². The number of nitrogens with one attached hydrogen (secondary N) is 1. The molecule has 1 aromatic rings. The van der Waals surface area contributed by atoms with Gasteiger partial charge in [0.2, 0.25) is 0 Å². The highest BCUT2D eigenvalue weighted by molar-refractivity contribution is 5.97. The fourth-order valence-electron chi connectivity index (χ4n) is 2.61. The van der Waals surface area contributed by atoms with Crippen molar-refractivity contribution < 1.29 is 17.2 Å². The van der Waals surface area contributed by atoms with Crippen molar-refractivity contribution in [1.82, 2.24) is 4.90 Å². The summed E-state index contributed by atoms with van der Waals surface area (Å²) in [5.74, 6) is -0.350. The van der Waals surface area contributed by atoms with E-state index in [1.807, 2.05) is 25.1 Å². The Morgan fingerprint density at radius 1 is 1.22 bits per heavy atom. The molecule has 6 heteroatoms. The van der Waals surface area contributed by atoms with Gasteiger partial charge in [-0.15, -0.1) is 13.2 Å². The lowest BCUT2D eigenvalue weighted by Gasteiger charge is -2.22. The summed E-state index contributed by atoms with van der Waals surface area (Å²) in [4.78, 5) is 16.2. The summed E-state index contributed by atoms with van der Waals surface area (Å²) in [5.41, 5.74) is 3.10. The Morgan fingerprint density at radius 2 is 1.81 bits per heavy atom. The third-order valence-electron chi connectivity index (χ3n) is 4.05. The van der Waals surface area contributed by atoms with Crippen LogP contribution >= 0.6 is 0 Å². The molecule has 0 aliphatic carbocycles. The van der Waals surface area contributed by atoms with Crippen molar-refractivity contribution in [2.75, 3.05) is 36.4 Å². The maximum atomic E-state index is 12.5. The van der Waals surface area contributed by atoms with Crippen LogP contribution in [0.15, 0.2) is 55.3 Å². The predicted octanol–water partition coefficient (Wildman–Crippen LogP) is 0.865. The summed E-state index contributed by atoms with van der Waals surface area (Å²) >= 11 is 0. The van der Waals surface area contributed by atoms with Crippen molar-refractivity contribution in [3.05, 3.63) is 60.8 Å². The molecule has 0 heterocycles. The summed E-state index contributed by atoms with van der Waals surface area (Å²) in [5, 5.41) is 12.4. The number of nitrogens with zero attached hydrogens (tertiary/aromatic N) is 3. The van der Waals surface area contributed by atoms with Crippen molar-refractivity contribution in [3.63, 3.8) is 0 Å². The maximum Gasteiger partial charge on any atom is 0.266 e. The van der Waals surface area contributed by atoms with Gasteiger partial charge in [0.05, 0.1) is 0 Å². The lowest BCUT2D eigenvalue weighted by atomic mass is 10.1. The number of amides is 1. The minimum absolute atomic E-state index is 0. The Bertz CT molecular complexity index is 707. The fraction of sp³-hybridized carbons (Fsp3) is 0.333. The Hall–Kier alpha value is -2.71. The summed E-state index contributed by atoms with van der Waals surface area (Å²) in [6.45, 7) is 16.1. The van der Waals surface area contributed by atoms with E-state index in [4.69, 9.17) is 0 Å². The molecule has 0 radical (unpaired) electrons. The Labute approximate surface area is 169 Å². The van der Waals surface area contributed by atoms with Gasteiger partial charge in [0.25, 0.3) is 5.91 Å². The molecule has 0 atom stereocenters. The molecule has 0 saturated carbocycles. The summed E-state index contributed by atoms with van der Waals surface area (Å²) < 4.78 is 0. The Kier molecular flexibility index (Phi) is 11.3. The average Bonchev–Trinajstić information content (AvgIpc) is 2.64. The van der Waals surface area contributed by atoms with Crippen LogP contribution in [0.3, 0.4) is 0 Å². The van der Waals surface area contributed by atoms with E-state index in [0.717, 1.165) is 30.0 Å². The van der Waals surface area contributed by atoms with E-state index >= 15 is 0 Å². The second-order valence-corrected chi connectivity index (χ2v) is 5.77. The van der Waals surface area contributed by atoms with E-state index < -0.39 is 0 Å². The molecule has 1 aromatic carbocycles. The van der Waals surface area contributed by atoms with Crippen LogP contribution in [0.5, 0.6) is 0 Å². The number of hydrogen-bond donors (Lipinski definition) is 1. The van der Waals surface area contributed by atoms with Crippen LogP contribution in [0.4, 0.5) is 11.4 Å². The van der Waals surface area contributed by atoms with Crippen molar-refractivity contribution in [3.8, 4) is 6.07 Å². The van der Waals surface area contributed by atoms with E-state index in [9.17, 15) is 10.1 Å². The second-order valence-electron chi connectivity index (χ2n) is 5.77. The summed E-state index contributed by atoms with van der Waals surface area (Å²) in [6.07, 6.45) is 4.71. The first-order valence-corrected chi connectivity index (χ1v) is 8.75. The van der Waals surface area contributed by atoms with Gasteiger partial charge in [-0.25, -0.2) is 0 Å². The molecular formula is C21H28ClN4O-. The molecule has 0 spiro atoms. The highest BCUT2D eigenvalue weighted by Crippen LogP contribution is 2.23. The summed E-state index contributed by atoms with van der Waals surface area (Å²) in [7, 11) is 0. The molecule has 0 unspecified atom stereocenters. The van der Waals surface area contributed by atoms with Crippen LogP contribution in [0.1, 0.15) is 19.4 Å². The quantitative estimate of drug-likeness (QED) is 0.367. The van der Waals surface area contributed by atoms with Crippen LogP contribution < -0.4 is 22.6 Å². The zero-order valence-electron chi connectivity index (χ0n) is 16.3. The molecule has 27 heavy (non-hydrogen) atoms. The number of benzene rings is 1. The molecule has 0 aliphatic heterocycles. The molecule has 146 valence electrons. The predicted molar refractivity (Wildman–Crippen MR) is 109 cm³/mol. The molecule has 5 nitrogen and oxygen atoms in total. The number of halogens is 1. The van der Waals surface area contributed by atoms with Gasteiger partial charge in [-0.1, -0.05) is 12.2 Å². The normalized spacial score (nSPS) is 10.2. The number of aryl methyl sites for hydroxylation is 1. The zero-order valence-corrected chi connectivity index (χ0v) is 17.1. The lowest BCUT2D eigenvalue weighted by Crippen LogP contribution is -3.00. The van der Waals surface area contributed by atoms with Crippen LogP contribution in [0.2, 0.25) is 0 Å². The van der Waals surface area contributed by atoms with E-state index in [0.29, 0.717) is 13.1 Å². The van der Waals surface area contributed by atoms with E-state index in [1.54, 1.807) is 12.2 Å². The number of anilines is 2. The smallest absolute Gasteiger partial charge is 0.266 e. The van der Waals surface area contributed by atoms with Gasteiger partial charge < -0.3 is 27.5 Å². The highest BCUT2D eigenvalue weighted by Gasteiger charge is 2.16. The molecule has 0 fully saturated rings. The first kappa shape index (κ1) is 24.3. The first-order chi connectivity index (χ1) is 12.5. The largest absolute Gasteiger partial charge is 1.00 e. The maximum absolute atomic E-state index is 12.5. The van der Waals surface area contributed by atoms with Crippen molar-refractivity contribution >= 4 is 17.3 Å². The molecule has 1 N–H and O–H groups in total. The van der Waals surface area contributed by atoms with Crippen LogP contribution in [0.25, 0.3) is 0 Å². The van der Waals surface area contributed by atoms with Gasteiger partial charge in [0.15, 0.2) is 0 Å². The van der Waals surface area contributed by atoms with Crippen molar-refractivity contribution in [2.24, 2.45) is 0 Å². The van der Waals surface area contributed by atoms with E-state index in [2.05, 4.69) is 43.3 Å². The van der Waals surface area contributed by atoms with Crippen LogP contribution in [0, 0.1) is 18.3 Å². The highest BCUT2D eigenvalue weighted by atomic mass is 35.5. The van der Waals surface area contributed by atoms with Gasteiger partial charge in [-0.05, 0) is 44.5 Å². The number of carbonyl (C=O) groups excluding carboxylic acids is 1. The molecule has 1 amide bonds. The zero-order chi connectivity index (χ0) is 19.5. The number of rotatable bonds is 10. The van der Waals surface area contributed by atoms with Gasteiger partial charge in [-0.2, -0.15) is 5.26 Å². The van der Waals surface area contributed by atoms with Gasteiger partial charge in [0.1, 0.15) is 11.6 Å². The summed E-state index contributed by atoms with van der Waals surface area (Å²) in [6, 6.07) is 8.06. The third kappa shape index (κ3) is 6.84. The van der Waals surface area contributed by atoms with Gasteiger partial charge >= 0.3 is 0 Å². The minimum atomic E-state index is -0.350. The third-order valence-corrected chi connectivity index (χ3v) is 4.05. The minimum Gasteiger partial charge on any atom is -1.00 e. The number of nitriles is 1. The van der Waals surface area contributed by atoms with Gasteiger partial charge in [-0.3, -0.25) is 4.79 Å². The second kappa shape index (κ2) is 12.6. The monoisotopic (exact) mass is 387 g/mol. The molecule has 0 aliphatic rings. The van der Waals surface area contributed by atoms with Crippen molar-refractivity contribution in [2.45, 2.75) is 20.8 Å². The van der Waals surface area contributed by atoms with E-state index in [-0.39, 0.29) is 23.9 Å². The molecular weight excluding hydrogens is 360 g/mol. The Morgan fingerprint density at radius 3 is 2.26 bits per heavy atom. The molecule has 0 aromatic heterocycles. The standard InChI is InChI=1S/C21H28N4O.ClH/c1-6-12-25(13-7-2)21(26)18(15-22)16-23-20-11-10-19(14-17(20)5)24(8-3)9-4;/h6-7,10-11,14,16,23H,1-2,8-9,12-13H2,3-5H3;1H/p-1/b18-16-;. The van der Waals surface area contributed by atoms with E-state index in [1.165, 1.54) is 11.1 Å². The van der Waals surface area contributed by atoms with Crippen molar-refractivity contribution in [1.29, 1.82) is 5.26 Å². The number of carbonyl (C=O) groups is 1. The molecule has 0 bridgehead atoms. The molecule has 0 saturated heterocycles.